The lowest BCUT2D eigenvalue weighted by Gasteiger charge is -2.14. The van der Waals surface area contributed by atoms with Gasteiger partial charge in [0.15, 0.2) is 0 Å². The fourth-order valence-electron chi connectivity index (χ4n) is 1.31. The van der Waals surface area contributed by atoms with E-state index in [4.69, 9.17) is 11.6 Å². The molecule has 1 aromatic carbocycles. The summed E-state index contributed by atoms with van der Waals surface area (Å²) in [7, 11) is 3.33. The number of carbonyl (C=O) groups is 2. The first kappa shape index (κ1) is 14.3. The Bertz CT molecular complexity index is 435. The third-order valence-corrected chi connectivity index (χ3v) is 2.49. The summed E-state index contributed by atoms with van der Waals surface area (Å²) in [6, 6.07) is 7.06. The molecule has 1 rings (SSSR count). The van der Waals surface area contributed by atoms with Gasteiger partial charge in [-0.25, -0.2) is 4.79 Å². The molecule has 0 aliphatic rings. The fourth-order valence-corrected chi connectivity index (χ4v) is 1.38. The number of halogens is 1. The standard InChI is InChI=1S/C12H16ClN3O2/c1-16(2)12(18)14-8-9-5-3-4-6-10(9)15-11(17)7-13/h3-6H,7-8H2,1-2H3,(H,14,18)(H,15,17). The van der Waals surface area contributed by atoms with Gasteiger partial charge in [-0.05, 0) is 11.6 Å². The van der Waals surface area contributed by atoms with E-state index in [1.54, 1.807) is 26.2 Å². The van der Waals surface area contributed by atoms with Crippen LogP contribution in [-0.4, -0.2) is 36.8 Å². The molecule has 18 heavy (non-hydrogen) atoms. The Hall–Kier alpha value is -1.75. The molecule has 0 spiro atoms. The molecule has 0 bridgehead atoms. The summed E-state index contributed by atoms with van der Waals surface area (Å²) in [5, 5.41) is 5.41. The minimum Gasteiger partial charge on any atom is -0.334 e. The molecule has 0 saturated carbocycles. The van der Waals surface area contributed by atoms with Gasteiger partial charge in [-0.15, -0.1) is 11.6 Å². The van der Waals surface area contributed by atoms with E-state index in [9.17, 15) is 9.59 Å². The van der Waals surface area contributed by atoms with E-state index in [1.807, 2.05) is 12.1 Å². The van der Waals surface area contributed by atoms with Gasteiger partial charge in [0.2, 0.25) is 5.91 Å². The number of rotatable bonds is 4. The summed E-state index contributed by atoms with van der Waals surface area (Å²) in [6.45, 7) is 0.343. The summed E-state index contributed by atoms with van der Waals surface area (Å²) in [5.41, 5.74) is 1.48. The van der Waals surface area contributed by atoms with Crippen LogP contribution in [0, 0.1) is 0 Å². The van der Waals surface area contributed by atoms with Crippen LogP contribution in [0.5, 0.6) is 0 Å². The second-order valence-corrected chi connectivity index (χ2v) is 4.16. The molecule has 2 N–H and O–H groups in total. The number of para-hydroxylation sites is 1. The Kier molecular flexibility index (Phi) is 5.45. The van der Waals surface area contributed by atoms with Gasteiger partial charge < -0.3 is 15.5 Å². The second kappa shape index (κ2) is 6.86. The highest BCUT2D eigenvalue weighted by atomic mass is 35.5. The van der Waals surface area contributed by atoms with E-state index >= 15 is 0 Å². The predicted molar refractivity (Wildman–Crippen MR) is 71.7 cm³/mol. The van der Waals surface area contributed by atoms with Crippen LogP contribution in [0.3, 0.4) is 0 Å². The van der Waals surface area contributed by atoms with Crippen molar-refractivity contribution in [3.8, 4) is 0 Å². The highest BCUT2D eigenvalue weighted by molar-refractivity contribution is 6.29. The maximum Gasteiger partial charge on any atom is 0.317 e. The zero-order chi connectivity index (χ0) is 13.5. The number of nitrogens with one attached hydrogen (secondary N) is 2. The van der Waals surface area contributed by atoms with E-state index < -0.39 is 0 Å². The minimum atomic E-state index is -0.275. The number of amides is 3. The highest BCUT2D eigenvalue weighted by Crippen LogP contribution is 2.14. The summed E-state index contributed by atoms with van der Waals surface area (Å²) in [4.78, 5) is 24.1. The molecule has 0 heterocycles. The Labute approximate surface area is 111 Å². The molecule has 0 saturated heterocycles. The molecule has 6 heteroatoms. The molecular weight excluding hydrogens is 254 g/mol. The van der Waals surface area contributed by atoms with Crippen molar-refractivity contribution in [2.24, 2.45) is 0 Å². The van der Waals surface area contributed by atoms with Crippen molar-refractivity contribution in [1.29, 1.82) is 0 Å². The van der Waals surface area contributed by atoms with Gasteiger partial charge in [-0.2, -0.15) is 0 Å². The van der Waals surface area contributed by atoms with Gasteiger partial charge in [0.05, 0.1) is 0 Å². The molecule has 98 valence electrons. The third kappa shape index (κ3) is 4.25. The zero-order valence-electron chi connectivity index (χ0n) is 10.4. The summed E-state index contributed by atoms with van der Waals surface area (Å²) in [5.74, 6) is -0.374. The van der Waals surface area contributed by atoms with Gasteiger partial charge in [0.25, 0.3) is 0 Å². The number of benzene rings is 1. The molecule has 0 fully saturated rings. The molecule has 5 nitrogen and oxygen atoms in total. The van der Waals surface area contributed by atoms with Crippen molar-refractivity contribution in [2.75, 3.05) is 25.3 Å². The van der Waals surface area contributed by atoms with Crippen LogP contribution in [0.1, 0.15) is 5.56 Å². The average Bonchev–Trinajstić information content (AvgIpc) is 2.37. The molecule has 1 aromatic rings. The number of hydrogen-bond acceptors (Lipinski definition) is 2. The summed E-state index contributed by atoms with van der Waals surface area (Å²) >= 11 is 5.43. The topological polar surface area (TPSA) is 61.4 Å². The molecular formula is C12H16ClN3O2. The molecule has 0 aliphatic carbocycles. The molecule has 0 unspecified atom stereocenters. The van der Waals surface area contributed by atoms with E-state index in [0.29, 0.717) is 12.2 Å². The van der Waals surface area contributed by atoms with Crippen molar-refractivity contribution in [3.05, 3.63) is 29.8 Å². The Morgan fingerprint density at radius 3 is 2.56 bits per heavy atom. The highest BCUT2D eigenvalue weighted by Gasteiger charge is 2.07. The van der Waals surface area contributed by atoms with Crippen LogP contribution in [0.25, 0.3) is 0 Å². The van der Waals surface area contributed by atoms with Gasteiger partial charge >= 0.3 is 6.03 Å². The fraction of sp³-hybridized carbons (Fsp3) is 0.333. The maximum absolute atomic E-state index is 11.4. The second-order valence-electron chi connectivity index (χ2n) is 3.89. The largest absolute Gasteiger partial charge is 0.334 e. The summed E-state index contributed by atoms with van der Waals surface area (Å²) in [6.07, 6.45) is 0. The van der Waals surface area contributed by atoms with E-state index in [1.165, 1.54) is 4.90 Å². The van der Waals surface area contributed by atoms with Crippen molar-refractivity contribution in [2.45, 2.75) is 6.54 Å². The monoisotopic (exact) mass is 269 g/mol. The minimum absolute atomic E-state index is 0.0988. The van der Waals surface area contributed by atoms with Crippen LogP contribution >= 0.6 is 11.6 Å². The normalized spacial score (nSPS) is 9.72. The smallest absolute Gasteiger partial charge is 0.317 e. The number of nitrogens with zero attached hydrogens (tertiary/aromatic N) is 1. The van der Waals surface area contributed by atoms with Gasteiger partial charge in [0.1, 0.15) is 5.88 Å². The number of carbonyl (C=O) groups excluding carboxylic acids is 2. The first-order valence-corrected chi connectivity index (χ1v) is 5.97. The first-order valence-electron chi connectivity index (χ1n) is 5.43. The lowest BCUT2D eigenvalue weighted by Crippen LogP contribution is -2.34. The van der Waals surface area contributed by atoms with Crippen LogP contribution in [0.4, 0.5) is 10.5 Å². The number of anilines is 1. The van der Waals surface area contributed by atoms with E-state index in [2.05, 4.69) is 10.6 Å². The average molecular weight is 270 g/mol. The molecule has 0 radical (unpaired) electrons. The Balaban J connectivity index is 2.70. The van der Waals surface area contributed by atoms with Crippen LogP contribution < -0.4 is 10.6 Å². The lowest BCUT2D eigenvalue weighted by molar-refractivity contribution is -0.113. The van der Waals surface area contributed by atoms with Crippen molar-refractivity contribution >= 4 is 29.2 Å². The Morgan fingerprint density at radius 1 is 1.28 bits per heavy atom. The summed E-state index contributed by atoms with van der Waals surface area (Å²) < 4.78 is 0. The van der Waals surface area contributed by atoms with Crippen LogP contribution in [0.2, 0.25) is 0 Å². The predicted octanol–water partition coefficient (Wildman–Crippen LogP) is 1.64. The van der Waals surface area contributed by atoms with Crippen molar-refractivity contribution in [3.63, 3.8) is 0 Å². The zero-order valence-corrected chi connectivity index (χ0v) is 11.1. The number of hydrogen-bond donors (Lipinski definition) is 2. The maximum atomic E-state index is 11.4. The molecule has 0 aromatic heterocycles. The number of alkyl halides is 1. The quantitative estimate of drug-likeness (QED) is 0.816. The van der Waals surface area contributed by atoms with Crippen LogP contribution in [0.15, 0.2) is 24.3 Å². The van der Waals surface area contributed by atoms with E-state index in [0.717, 1.165) is 5.56 Å². The van der Waals surface area contributed by atoms with Gasteiger partial charge in [-0.1, -0.05) is 18.2 Å². The van der Waals surface area contributed by atoms with Crippen molar-refractivity contribution in [1.82, 2.24) is 10.2 Å². The third-order valence-electron chi connectivity index (χ3n) is 2.25. The lowest BCUT2D eigenvalue weighted by atomic mass is 10.1. The van der Waals surface area contributed by atoms with E-state index in [-0.39, 0.29) is 17.8 Å². The first-order chi connectivity index (χ1) is 8.54. The van der Waals surface area contributed by atoms with Crippen molar-refractivity contribution < 1.29 is 9.59 Å². The Morgan fingerprint density at radius 2 is 1.94 bits per heavy atom. The SMILES string of the molecule is CN(C)C(=O)NCc1ccccc1NC(=O)CCl. The number of urea groups is 1. The van der Waals surface area contributed by atoms with Gasteiger partial charge in [-0.3, -0.25) is 4.79 Å². The molecule has 3 amide bonds. The van der Waals surface area contributed by atoms with Gasteiger partial charge in [0, 0.05) is 26.3 Å². The molecule has 0 atom stereocenters. The van der Waals surface area contributed by atoms with Crippen LogP contribution in [-0.2, 0) is 11.3 Å². The molecule has 0 aliphatic heterocycles.